The van der Waals surface area contributed by atoms with Gasteiger partial charge >= 0.3 is 0 Å². The monoisotopic (exact) mass is 352 g/mol. The van der Waals surface area contributed by atoms with E-state index in [0.717, 1.165) is 0 Å². The van der Waals surface area contributed by atoms with Crippen molar-refractivity contribution in [3.8, 4) is 0 Å². The molecule has 122 valence electrons. The minimum atomic E-state index is -2.80. The molecule has 21 heavy (non-hydrogen) atoms. The molecule has 1 aliphatic heterocycles. The first-order chi connectivity index (χ1) is 9.00. The lowest BCUT2D eigenvalue weighted by Gasteiger charge is -2.34. The first-order valence-electron chi connectivity index (χ1n) is 5.88. The number of alkyl halides is 2. The summed E-state index contributed by atoms with van der Waals surface area (Å²) >= 11 is 0. The zero-order valence-corrected chi connectivity index (χ0v) is 12.4. The molecule has 0 aliphatic carbocycles. The quantitative estimate of drug-likeness (QED) is 0.664. The second-order valence-electron chi connectivity index (χ2n) is 4.36. The number of rotatable bonds is 3. The maximum atomic E-state index is 13.1. The van der Waals surface area contributed by atoms with Gasteiger partial charge in [0, 0.05) is 26.2 Å². The number of hydrogen-bond acceptors (Lipinski definition) is 2. The third kappa shape index (κ3) is 4.67. The van der Waals surface area contributed by atoms with Crippen LogP contribution in [0.4, 0.5) is 22.0 Å². The van der Waals surface area contributed by atoms with E-state index < -0.39 is 29.9 Å². The fourth-order valence-corrected chi connectivity index (χ4v) is 2.22. The molecule has 1 N–H and O–H groups in total. The number of nitrogens with one attached hydrogen (secondary N) is 1. The van der Waals surface area contributed by atoms with E-state index in [4.69, 9.17) is 0 Å². The van der Waals surface area contributed by atoms with Gasteiger partial charge < -0.3 is 5.32 Å². The van der Waals surface area contributed by atoms with Crippen LogP contribution in [-0.4, -0.2) is 37.5 Å². The molecule has 1 aliphatic rings. The number of hydrogen-bond donors (Lipinski definition) is 1. The van der Waals surface area contributed by atoms with Crippen molar-refractivity contribution < 1.29 is 22.0 Å². The summed E-state index contributed by atoms with van der Waals surface area (Å²) in [6.07, 6.45) is -2.80. The zero-order valence-electron chi connectivity index (χ0n) is 10.8. The lowest BCUT2D eigenvalue weighted by atomic mass is 10.0. The molecule has 1 aromatic carbocycles. The number of piperazine rings is 1. The van der Waals surface area contributed by atoms with Gasteiger partial charge in [-0.2, -0.15) is 0 Å². The highest BCUT2D eigenvalue weighted by Crippen LogP contribution is 2.29. The van der Waals surface area contributed by atoms with Gasteiger partial charge in [0.1, 0.15) is 0 Å². The highest BCUT2D eigenvalue weighted by Gasteiger charge is 2.31. The van der Waals surface area contributed by atoms with Crippen molar-refractivity contribution in [2.45, 2.75) is 12.5 Å². The van der Waals surface area contributed by atoms with Crippen LogP contribution in [0.1, 0.15) is 11.6 Å². The number of benzene rings is 1. The van der Waals surface area contributed by atoms with Crippen LogP contribution < -0.4 is 5.32 Å². The van der Waals surface area contributed by atoms with Gasteiger partial charge in [-0.1, -0.05) is 0 Å². The van der Waals surface area contributed by atoms with E-state index in [9.17, 15) is 22.0 Å². The Hall–Kier alpha value is -0.630. The molecule has 1 heterocycles. The molecule has 2 rings (SSSR count). The highest BCUT2D eigenvalue weighted by molar-refractivity contribution is 5.85. The van der Waals surface area contributed by atoms with Crippen LogP contribution in [0.25, 0.3) is 0 Å². The molecule has 0 saturated carbocycles. The van der Waals surface area contributed by atoms with Crippen LogP contribution in [0, 0.1) is 17.5 Å². The molecular formula is C12H15Cl2F5N2. The van der Waals surface area contributed by atoms with E-state index in [1.54, 1.807) is 0 Å². The molecule has 0 spiro atoms. The molecule has 1 atom stereocenters. The van der Waals surface area contributed by atoms with Gasteiger partial charge in [0.2, 0.25) is 0 Å². The van der Waals surface area contributed by atoms with Gasteiger partial charge in [0.15, 0.2) is 17.5 Å². The average Bonchev–Trinajstić information content (AvgIpc) is 2.37. The smallest absolute Gasteiger partial charge is 0.258 e. The summed E-state index contributed by atoms with van der Waals surface area (Å²) < 4.78 is 65.4. The van der Waals surface area contributed by atoms with Crippen LogP contribution in [0.2, 0.25) is 0 Å². The molecule has 2 nitrogen and oxygen atoms in total. The van der Waals surface area contributed by atoms with Crippen molar-refractivity contribution in [1.29, 1.82) is 0 Å². The Bertz CT molecular complexity index is 432. The third-order valence-corrected chi connectivity index (χ3v) is 3.13. The summed E-state index contributed by atoms with van der Waals surface area (Å²) in [5, 5.41) is 3.00. The molecule has 0 bridgehead atoms. The standard InChI is InChI=1S/C12H13F5N2.2ClH/c13-8-5-7(6-9(14)10(8)15)11(12(16)17)19-3-1-18-2-4-19;;/h5-6,11-12,18H,1-4H2;2*1H/t11-;;/m1../s1. The molecule has 0 unspecified atom stereocenters. The average molecular weight is 353 g/mol. The van der Waals surface area contributed by atoms with Crippen LogP contribution in [-0.2, 0) is 0 Å². The normalized spacial score (nSPS) is 17.0. The Morgan fingerprint density at radius 3 is 1.86 bits per heavy atom. The lowest BCUT2D eigenvalue weighted by Crippen LogP contribution is -2.47. The first-order valence-corrected chi connectivity index (χ1v) is 5.88. The largest absolute Gasteiger partial charge is 0.314 e. The fraction of sp³-hybridized carbons (Fsp3) is 0.500. The summed E-state index contributed by atoms with van der Waals surface area (Å²) in [6.45, 7) is 1.73. The van der Waals surface area contributed by atoms with E-state index in [-0.39, 0.29) is 30.4 Å². The number of halogens is 7. The summed E-state index contributed by atoms with van der Waals surface area (Å²) in [5.74, 6) is -4.54. The Kier molecular flexibility index (Phi) is 8.46. The zero-order chi connectivity index (χ0) is 14.0. The molecule has 0 radical (unpaired) electrons. The number of nitrogens with zero attached hydrogens (tertiary/aromatic N) is 1. The molecule has 0 aromatic heterocycles. The van der Waals surface area contributed by atoms with Crippen LogP contribution in [0.15, 0.2) is 12.1 Å². The van der Waals surface area contributed by atoms with E-state index >= 15 is 0 Å². The van der Waals surface area contributed by atoms with Crippen LogP contribution in [0.3, 0.4) is 0 Å². The second kappa shape index (κ2) is 8.73. The molecule has 1 fully saturated rings. The van der Waals surface area contributed by atoms with Gasteiger partial charge in [-0.3, -0.25) is 4.90 Å². The molecular weight excluding hydrogens is 338 g/mol. The van der Waals surface area contributed by atoms with E-state index in [0.29, 0.717) is 38.3 Å². The van der Waals surface area contributed by atoms with Gasteiger partial charge in [0.25, 0.3) is 6.43 Å². The van der Waals surface area contributed by atoms with Crippen LogP contribution in [0.5, 0.6) is 0 Å². The molecule has 9 heteroatoms. The van der Waals surface area contributed by atoms with E-state index in [1.165, 1.54) is 4.90 Å². The van der Waals surface area contributed by atoms with Crippen LogP contribution >= 0.6 is 24.8 Å². The van der Waals surface area contributed by atoms with Crippen molar-refractivity contribution in [3.63, 3.8) is 0 Å². The Balaban J connectivity index is 0.00000200. The van der Waals surface area contributed by atoms with Gasteiger partial charge in [-0.15, -0.1) is 24.8 Å². The van der Waals surface area contributed by atoms with Crippen molar-refractivity contribution in [2.75, 3.05) is 26.2 Å². The topological polar surface area (TPSA) is 15.3 Å². The maximum Gasteiger partial charge on any atom is 0.258 e. The van der Waals surface area contributed by atoms with E-state index in [2.05, 4.69) is 5.32 Å². The Labute approximate surface area is 131 Å². The predicted octanol–water partition coefficient (Wildman–Crippen LogP) is 3.16. The maximum absolute atomic E-state index is 13.1. The highest BCUT2D eigenvalue weighted by atomic mass is 35.5. The van der Waals surface area contributed by atoms with E-state index in [1.807, 2.05) is 0 Å². The minimum absolute atomic E-state index is 0. The van der Waals surface area contributed by atoms with Crippen molar-refractivity contribution >= 4 is 24.8 Å². The first kappa shape index (κ1) is 20.4. The SMILES string of the molecule is Cl.Cl.Fc1cc([C@H](C(F)F)N2CCNCC2)cc(F)c1F. The van der Waals surface area contributed by atoms with Crippen molar-refractivity contribution in [2.24, 2.45) is 0 Å². The van der Waals surface area contributed by atoms with Gasteiger partial charge in [-0.25, -0.2) is 22.0 Å². The lowest BCUT2D eigenvalue weighted by molar-refractivity contribution is 0.0178. The van der Waals surface area contributed by atoms with Gasteiger partial charge in [0.05, 0.1) is 6.04 Å². The summed E-state index contributed by atoms with van der Waals surface area (Å²) in [4.78, 5) is 1.44. The predicted molar refractivity (Wildman–Crippen MR) is 74.0 cm³/mol. The van der Waals surface area contributed by atoms with Gasteiger partial charge in [-0.05, 0) is 17.7 Å². The summed E-state index contributed by atoms with van der Waals surface area (Å²) in [7, 11) is 0. The Morgan fingerprint density at radius 2 is 1.43 bits per heavy atom. The Morgan fingerprint density at radius 1 is 0.952 bits per heavy atom. The minimum Gasteiger partial charge on any atom is -0.314 e. The molecule has 1 saturated heterocycles. The van der Waals surface area contributed by atoms with Crippen molar-refractivity contribution in [1.82, 2.24) is 10.2 Å². The van der Waals surface area contributed by atoms with Crippen molar-refractivity contribution in [3.05, 3.63) is 35.1 Å². The fourth-order valence-electron chi connectivity index (χ4n) is 2.22. The molecule has 0 amide bonds. The third-order valence-electron chi connectivity index (χ3n) is 3.13. The summed E-state index contributed by atoms with van der Waals surface area (Å²) in [5.41, 5.74) is -0.242. The molecule has 1 aromatic rings. The second-order valence-corrected chi connectivity index (χ2v) is 4.36. The summed E-state index contributed by atoms with van der Waals surface area (Å²) in [6, 6.07) is -0.152.